The van der Waals surface area contributed by atoms with Crippen molar-refractivity contribution in [1.82, 2.24) is 42.1 Å². The minimum absolute atomic E-state index is 0.0410. The quantitative estimate of drug-likeness (QED) is 0.0601. The van der Waals surface area contributed by atoms with Crippen molar-refractivity contribution in [2.75, 3.05) is 26.7 Å². The molecule has 24 heteroatoms. The van der Waals surface area contributed by atoms with Gasteiger partial charge in [-0.05, 0) is 74.5 Å². The molecule has 1 heterocycles. The zero-order valence-electron chi connectivity index (χ0n) is 41.3. The minimum Gasteiger partial charge on any atom is -0.508 e. The molecule has 2 fully saturated rings. The van der Waals surface area contributed by atoms with Gasteiger partial charge in [-0.2, -0.15) is 0 Å². The number of nitrogens with two attached hydrogens (primary N) is 3. The van der Waals surface area contributed by atoms with Gasteiger partial charge in [0.1, 0.15) is 36.0 Å². The van der Waals surface area contributed by atoms with Gasteiger partial charge in [0.25, 0.3) is 0 Å². The number of amides is 11. The highest BCUT2D eigenvalue weighted by atomic mass is 16.3. The highest BCUT2D eigenvalue weighted by Gasteiger charge is 2.43. The molecule has 14 N–H and O–H groups in total. The number of rotatable bonds is 20. The summed E-state index contributed by atoms with van der Waals surface area (Å²) in [6, 6.07) is -1.77. The smallest absolute Gasteiger partial charge is 0.243 e. The molecule has 3 rings (SSSR count). The first kappa shape index (κ1) is 58.2. The van der Waals surface area contributed by atoms with Crippen LogP contribution in [0.3, 0.4) is 0 Å². The van der Waals surface area contributed by atoms with Crippen molar-refractivity contribution in [3.8, 4) is 5.75 Å². The van der Waals surface area contributed by atoms with Crippen LogP contribution < -0.4 is 54.4 Å². The van der Waals surface area contributed by atoms with Crippen molar-refractivity contribution in [1.29, 1.82) is 0 Å². The molecule has 1 aliphatic heterocycles. The SMILES string of the molecule is CCC(C)C1NC(=O)C(Cc2ccc(O)cc2)NC(=O)CN(C)C(=O)CCC(C(C)=NCCC2CC2C(=O)NC(CC(C)C)C(=O)NCC(N)=O)NC(=O)C(CC(N)=O)NC(=O)C(CCC(N)=O)NC1=O. The lowest BCUT2D eigenvalue weighted by atomic mass is 9.96. The highest BCUT2D eigenvalue weighted by molar-refractivity contribution is 5.99. The minimum atomic E-state index is -1.63. The predicted octanol–water partition coefficient (Wildman–Crippen LogP) is -2.58. The van der Waals surface area contributed by atoms with Gasteiger partial charge in [0.2, 0.25) is 65.0 Å². The summed E-state index contributed by atoms with van der Waals surface area (Å²) >= 11 is 0. The van der Waals surface area contributed by atoms with Gasteiger partial charge < -0.3 is 64.4 Å². The van der Waals surface area contributed by atoms with E-state index in [1.54, 1.807) is 32.9 Å². The number of carbonyl (C=O) groups excluding carboxylic acids is 11. The summed E-state index contributed by atoms with van der Waals surface area (Å²) in [5.41, 5.74) is 17.0. The third-order valence-corrected chi connectivity index (χ3v) is 12.3. The van der Waals surface area contributed by atoms with Crippen LogP contribution in [-0.4, -0.2) is 144 Å². The maximum absolute atomic E-state index is 14.1. The molecule has 9 unspecified atom stereocenters. The van der Waals surface area contributed by atoms with Crippen LogP contribution in [0.25, 0.3) is 0 Å². The largest absolute Gasteiger partial charge is 0.508 e. The van der Waals surface area contributed by atoms with E-state index in [-0.39, 0.29) is 62.3 Å². The standard InChI is InChI=1S/C47H72N12O12/c1-7-25(4)41-47(71)55-32(12-14-36(48)61)44(68)57-35(21-37(49)62)45(69)54-31(13-15-40(65)59(6)23-39(64)53-34(46(70)58-41)19-27-8-10-29(60)11-9-27)26(5)51-17-16-28-20-30(28)42(66)56-33(18-24(2)3)43(67)52-22-38(50)63/h8-11,24-25,28,30-35,41,60H,7,12-23H2,1-6H3,(H2,48,61)(H2,49,62)(H2,50,63)(H,52,67)(H,53,64)(H,54,69)(H,55,71)(H,56,66)(H,57,68)(H,58,70). The number of phenolic OH excluding ortho intramolecular Hbond substituents is 1. The first-order valence-electron chi connectivity index (χ1n) is 23.8. The number of nitrogens with zero attached hydrogens (tertiary/aromatic N) is 2. The first-order chi connectivity index (χ1) is 33.4. The second-order valence-corrected chi connectivity index (χ2v) is 18.8. The lowest BCUT2D eigenvalue weighted by Gasteiger charge is -2.29. The number of phenols is 1. The van der Waals surface area contributed by atoms with Crippen molar-refractivity contribution in [2.45, 2.75) is 135 Å². The highest BCUT2D eigenvalue weighted by Crippen LogP contribution is 2.41. The average Bonchev–Trinajstić information content (AvgIpc) is 4.08. The van der Waals surface area contributed by atoms with E-state index in [2.05, 4.69) is 42.2 Å². The van der Waals surface area contributed by atoms with E-state index in [9.17, 15) is 57.8 Å². The third kappa shape index (κ3) is 20.0. The Morgan fingerprint density at radius 2 is 1.45 bits per heavy atom. The molecule has 1 aromatic carbocycles. The van der Waals surface area contributed by atoms with Crippen LogP contribution in [0.4, 0.5) is 0 Å². The van der Waals surface area contributed by atoms with E-state index in [0.29, 0.717) is 37.0 Å². The van der Waals surface area contributed by atoms with Crippen LogP contribution in [-0.2, 0) is 59.2 Å². The molecular formula is C47H72N12O12. The fourth-order valence-electron chi connectivity index (χ4n) is 7.88. The van der Waals surface area contributed by atoms with Crippen LogP contribution in [0, 0.1) is 23.7 Å². The lowest BCUT2D eigenvalue weighted by Crippen LogP contribution is -2.60. The van der Waals surface area contributed by atoms with E-state index in [1.165, 1.54) is 19.2 Å². The Morgan fingerprint density at radius 1 is 0.817 bits per heavy atom. The number of carbonyl (C=O) groups is 11. The number of likely N-dealkylation sites (N-methyl/N-ethyl adjacent to an activating group) is 1. The average molecular weight is 997 g/mol. The maximum Gasteiger partial charge on any atom is 0.243 e. The van der Waals surface area contributed by atoms with Gasteiger partial charge in [0, 0.05) is 44.5 Å². The maximum atomic E-state index is 14.1. The number of hydrogen-bond donors (Lipinski definition) is 11. The normalized spacial score (nSPS) is 24.0. The molecular weight excluding hydrogens is 925 g/mol. The zero-order valence-corrected chi connectivity index (χ0v) is 41.3. The number of hydrogen-bond acceptors (Lipinski definition) is 13. The van der Waals surface area contributed by atoms with Gasteiger partial charge in [-0.15, -0.1) is 0 Å². The van der Waals surface area contributed by atoms with Crippen molar-refractivity contribution < 1.29 is 57.8 Å². The molecule has 71 heavy (non-hydrogen) atoms. The summed E-state index contributed by atoms with van der Waals surface area (Å²) in [7, 11) is 1.37. The van der Waals surface area contributed by atoms with Crippen molar-refractivity contribution in [2.24, 2.45) is 45.9 Å². The van der Waals surface area contributed by atoms with Gasteiger partial charge in [0.05, 0.1) is 25.6 Å². The lowest BCUT2D eigenvalue weighted by molar-refractivity contribution is -0.137. The van der Waals surface area contributed by atoms with E-state index >= 15 is 0 Å². The van der Waals surface area contributed by atoms with Crippen LogP contribution in [0.5, 0.6) is 5.75 Å². The van der Waals surface area contributed by atoms with E-state index in [1.807, 2.05) is 13.8 Å². The molecule has 9 atom stereocenters. The van der Waals surface area contributed by atoms with Gasteiger partial charge in [-0.25, -0.2) is 0 Å². The Kier molecular flexibility index (Phi) is 22.9. The number of nitrogens with one attached hydrogen (secondary N) is 7. The fourth-order valence-corrected chi connectivity index (χ4v) is 7.88. The number of aliphatic imine (C=N–C) groups is 1. The summed E-state index contributed by atoms with van der Waals surface area (Å²) in [6.45, 7) is 8.07. The molecule has 0 spiro atoms. The van der Waals surface area contributed by atoms with Gasteiger partial charge >= 0.3 is 0 Å². The van der Waals surface area contributed by atoms with Crippen molar-refractivity contribution >= 4 is 70.7 Å². The van der Waals surface area contributed by atoms with Crippen LogP contribution in [0.2, 0.25) is 0 Å². The van der Waals surface area contributed by atoms with Crippen LogP contribution >= 0.6 is 0 Å². The number of benzene rings is 1. The van der Waals surface area contributed by atoms with Gasteiger partial charge in [0.15, 0.2) is 0 Å². The number of aromatic hydroxyl groups is 1. The van der Waals surface area contributed by atoms with E-state index in [0.717, 1.165) is 4.90 Å². The second-order valence-electron chi connectivity index (χ2n) is 18.8. The van der Waals surface area contributed by atoms with Crippen molar-refractivity contribution in [3.05, 3.63) is 29.8 Å². The second kappa shape index (κ2) is 27.9. The molecule has 0 bridgehead atoms. The summed E-state index contributed by atoms with van der Waals surface area (Å²) in [6.07, 6.45) is -0.274. The number of primary amides is 3. The monoisotopic (exact) mass is 997 g/mol. The fraction of sp³-hybridized carbons (Fsp3) is 0.617. The molecule has 0 aromatic heterocycles. The Morgan fingerprint density at radius 3 is 2.06 bits per heavy atom. The molecule has 1 aliphatic carbocycles. The Bertz CT molecular complexity index is 2150. The first-order valence-corrected chi connectivity index (χ1v) is 23.8. The Hall–Kier alpha value is -7.14. The summed E-state index contributed by atoms with van der Waals surface area (Å²) in [5, 5.41) is 28.1. The summed E-state index contributed by atoms with van der Waals surface area (Å²) < 4.78 is 0. The topological polar surface area (TPSA) is 386 Å². The molecule has 1 saturated heterocycles. The molecule has 1 aromatic rings. The molecule has 11 amide bonds. The zero-order chi connectivity index (χ0) is 53.1. The van der Waals surface area contributed by atoms with Crippen LogP contribution in [0.1, 0.15) is 98.0 Å². The van der Waals surface area contributed by atoms with Crippen molar-refractivity contribution in [3.63, 3.8) is 0 Å². The predicted molar refractivity (Wildman–Crippen MR) is 258 cm³/mol. The summed E-state index contributed by atoms with van der Waals surface area (Å²) in [5.74, 6) is -9.28. The Labute approximate surface area is 412 Å². The Balaban J connectivity index is 1.95. The molecule has 392 valence electrons. The molecule has 24 nitrogen and oxygen atoms in total. The van der Waals surface area contributed by atoms with Crippen LogP contribution in [0.15, 0.2) is 29.3 Å². The molecule has 0 radical (unpaired) electrons. The molecule has 2 aliphatic rings. The van der Waals surface area contributed by atoms with Gasteiger partial charge in [-0.1, -0.05) is 46.2 Å². The van der Waals surface area contributed by atoms with E-state index < -0.39 is 127 Å². The van der Waals surface area contributed by atoms with E-state index in [4.69, 9.17) is 17.2 Å². The van der Waals surface area contributed by atoms with Gasteiger partial charge in [-0.3, -0.25) is 57.7 Å². The summed E-state index contributed by atoms with van der Waals surface area (Å²) in [4.78, 5) is 150. The molecule has 1 saturated carbocycles. The third-order valence-electron chi connectivity index (χ3n) is 12.3.